The Bertz CT molecular complexity index is 988. The highest BCUT2D eigenvalue weighted by molar-refractivity contribution is 6.45. The molecule has 2 bridgehead atoms. The van der Waals surface area contributed by atoms with Crippen LogP contribution >= 0.6 is 0 Å². The summed E-state index contributed by atoms with van der Waals surface area (Å²) >= 11 is 0. The van der Waals surface area contributed by atoms with Crippen molar-refractivity contribution in [3.63, 3.8) is 0 Å². The lowest BCUT2D eigenvalue weighted by Gasteiger charge is -2.64. The number of carbonyl (C=O) groups is 2. The molecule has 3 saturated carbocycles. The first-order valence-corrected chi connectivity index (χ1v) is 13.8. The van der Waals surface area contributed by atoms with Crippen molar-refractivity contribution in [2.45, 2.75) is 104 Å². The minimum Gasteiger partial charge on any atom is -0.428 e. The molecule has 1 aromatic carbocycles. The molecule has 0 amide bonds. The second kappa shape index (κ2) is 12.0. The molecule has 1 aromatic rings. The molecule has 7 nitrogen and oxygen atoms in total. The lowest BCUT2D eigenvalue weighted by atomic mass is 9.43. The number of halogens is 1. The molecule has 38 heavy (non-hydrogen) atoms. The van der Waals surface area contributed by atoms with Crippen molar-refractivity contribution in [1.82, 2.24) is 0 Å². The number of hydrogen-bond acceptors (Lipinski definition) is 7. The van der Waals surface area contributed by atoms with Gasteiger partial charge in [-0.05, 0) is 88.6 Å². The van der Waals surface area contributed by atoms with Gasteiger partial charge in [-0.1, -0.05) is 33.3 Å². The fourth-order valence-corrected chi connectivity index (χ4v) is 6.04. The molecule has 4 atom stereocenters. The van der Waals surface area contributed by atoms with Gasteiger partial charge in [-0.25, -0.2) is 9.18 Å². The fraction of sp³-hybridized carbons (Fsp3) is 0.724. The number of aryl methyl sites for hydroxylation is 1. The van der Waals surface area contributed by atoms with Crippen molar-refractivity contribution in [1.29, 1.82) is 0 Å². The highest BCUT2D eigenvalue weighted by Gasteiger charge is 2.67. The Balaban J connectivity index is 0.000000599. The number of hydrogen-bond donors (Lipinski definition) is 0. The fourth-order valence-electron chi connectivity index (χ4n) is 6.04. The number of unbranched alkanes of at least 4 members (excludes halogenated alkanes) is 1. The Kier molecular flexibility index (Phi) is 9.70. The van der Waals surface area contributed by atoms with Crippen LogP contribution in [0.4, 0.5) is 9.18 Å². The second-order valence-corrected chi connectivity index (χ2v) is 12.4. The molecule has 9 heteroatoms. The summed E-state index contributed by atoms with van der Waals surface area (Å²) in [4.78, 5) is 23.7. The van der Waals surface area contributed by atoms with E-state index in [0.29, 0.717) is 36.4 Å². The highest BCUT2D eigenvalue weighted by atomic mass is 19.1. The predicted molar refractivity (Wildman–Crippen MR) is 144 cm³/mol. The van der Waals surface area contributed by atoms with E-state index in [4.69, 9.17) is 23.5 Å². The van der Waals surface area contributed by atoms with E-state index in [2.05, 4.69) is 27.7 Å². The van der Waals surface area contributed by atoms with Crippen molar-refractivity contribution in [3.05, 3.63) is 29.1 Å². The van der Waals surface area contributed by atoms with Crippen LogP contribution in [0.5, 0.6) is 5.75 Å². The van der Waals surface area contributed by atoms with Gasteiger partial charge in [0, 0.05) is 13.7 Å². The van der Waals surface area contributed by atoms with E-state index in [0.717, 1.165) is 13.0 Å². The van der Waals surface area contributed by atoms with E-state index >= 15 is 0 Å². The Hall–Kier alpha value is -1.97. The van der Waals surface area contributed by atoms with Crippen LogP contribution in [0.25, 0.3) is 0 Å². The smallest absolute Gasteiger partial charge is 0.428 e. The van der Waals surface area contributed by atoms with Crippen LogP contribution in [-0.4, -0.2) is 50.6 Å². The molecule has 1 saturated heterocycles. The molecular weight excluding hydrogens is 490 g/mol. The maximum atomic E-state index is 14.2. The van der Waals surface area contributed by atoms with Gasteiger partial charge in [-0.2, -0.15) is 0 Å². The third kappa shape index (κ3) is 6.60. The summed E-state index contributed by atoms with van der Waals surface area (Å²) in [6.45, 7) is 14.9. The second-order valence-electron chi connectivity index (χ2n) is 12.4. The highest BCUT2D eigenvalue weighted by Crippen LogP contribution is 2.65. The molecule has 1 heterocycles. The lowest BCUT2D eigenvalue weighted by Crippen LogP contribution is -2.65. The molecule has 5 rings (SSSR count). The van der Waals surface area contributed by atoms with Crippen molar-refractivity contribution < 1.29 is 37.5 Å². The third-order valence-corrected chi connectivity index (χ3v) is 8.27. The third-order valence-electron chi connectivity index (χ3n) is 8.27. The first-order valence-electron chi connectivity index (χ1n) is 13.8. The minimum atomic E-state index is -0.985. The molecule has 212 valence electrons. The van der Waals surface area contributed by atoms with Gasteiger partial charge in [0.2, 0.25) is 0 Å². The topological polar surface area (TPSA) is 80.3 Å². The summed E-state index contributed by atoms with van der Waals surface area (Å²) in [7, 11) is 1.33. The monoisotopic (exact) mass is 534 g/mol. The number of carbonyl (C=O) groups excluding carboxylic acids is 2. The summed E-state index contributed by atoms with van der Waals surface area (Å²) < 4.78 is 42.2. The van der Waals surface area contributed by atoms with Crippen LogP contribution in [0, 0.1) is 23.1 Å². The van der Waals surface area contributed by atoms with E-state index in [1.54, 1.807) is 27.9 Å². The predicted octanol–water partition coefficient (Wildman–Crippen LogP) is 6.66. The molecule has 0 N–H and O–H groups in total. The maximum Gasteiger partial charge on any atom is 0.514 e. The average Bonchev–Trinajstić information content (AvgIpc) is 3.17. The molecular formula is C29H44BFO7. The van der Waals surface area contributed by atoms with Gasteiger partial charge in [-0.3, -0.25) is 4.79 Å². The Labute approximate surface area is 227 Å². The van der Waals surface area contributed by atoms with Crippen LogP contribution in [0.1, 0.15) is 90.1 Å². The van der Waals surface area contributed by atoms with E-state index in [1.165, 1.54) is 31.4 Å². The van der Waals surface area contributed by atoms with E-state index < -0.39 is 24.7 Å². The summed E-state index contributed by atoms with van der Waals surface area (Å²) in [6, 6.07) is 2.72. The summed E-state index contributed by atoms with van der Waals surface area (Å²) in [6.07, 6.45) is 4.92. The van der Waals surface area contributed by atoms with Crippen LogP contribution in [-0.2, 0) is 25.2 Å². The summed E-state index contributed by atoms with van der Waals surface area (Å²) in [5, 5.41) is 0. The quantitative estimate of drug-likeness (QED) is 0.121. The molecule has 4 fully saturated rings. The summed E-state index contributed by atoms with van der Waals surface area (Å²) in [5.74, 6) is 0.256. The van der Waals surface area contributed by atoms with Gasteiger partial charge in [-0.15, -0.1) is 0 Å². The zero-order valence-electron chi connectivity index (χ0n) is 24.2. The average molecular weight is 534 g/mol. The first kappa shape index (κ1) is 30.6. The SMILES string of the molecule is CC(C)(C)OC(=O)Oc1c(CCB2OC3CC4CC(C4(C)C)C3(C)O2)ccc(F)c1C=O.CCCCOC. The van der Waals surface area contributed by atoms with Crippen LogP contribution < -0.4 is 4.74 Å². The molecule has 0 radical (unpaired) electrons. The minimum absolute atomic E-state index is 0.0699. The standard InChI is InChI=1S/C24H32BFO6.C5H12O/c1-22(2,3)30-21(28)29-20-14(7-8-17(26)16(20)13-27)9-10-25-31-19-12-15-11-18(23(15,4)5)24(19,6)32-25;1-3-4-5-6-2/h7-8,13,15,18-19H,9-12H2,1-6H3;3-5H2,1-2H3. The van der Waals surface area contributed by atoms with Crippen molar-refractivity contribution in [2.75, 3.05) is 13.7 Å². The molecule has 3 aliphatic carbocycles. The van der Waals surface area contributed by atoms with Gasteiger partial charge < -0.3 is 23.5 Å². The maximum absolute atomic E-state index is 14.2. The summed E-state index contributed by atoms with van der Waals surface area (Å²) in [5.41, 5.74) is -0.609. The van der Waals surface area contributed by atoms with Crippen molar-refractivity contribution >= 4 is 19.6 Å². The van der Waals surface area contributed by atoms with Crippen LogP contribution in [0.15, 0.2) is 12.1 Å². The van der Waals surface area contributed by atoms with Gasteiger partial charge >= 0.3 is 13.3 Å². The lowest BCUT2D eigenvalue weighted by molar-refractivity contribution is -0.199. The van der Waals surface area contributed by atoms with Gasteiger partial charge in [0.25, 0.3) is 0 Å². The van der Waals surface area contributed by atoms with Gasteiger partial charge in [0.05, 0.1) is 17.3 Å². The number of ether oxygens (including phenoxy) is 3. The Morgan fingerprint density at radius 3 is 2.50 bits per heavy atom. The van der Waals surface area contributed by atoms with Crippen LogP contribution in [0.3, 0.4) is 0 Å². The largest absolute Gasteiger partial charge is 0.514 e. The molecule has 1 aliphatic heterocycles. The van der Waals surface area contributed by atoms with Gasteiger partial charge in [0.1, 0.15) is 11.4 Å². The number of benzene rings is 1. The number of methoxy groups -OCH3 is 1. The van der Waals surface area contributed by atoms with E-state index in [1.807, 2.05) is 0 Å². The molecule has 0 spiro atoms. The van der Waals surface area contributed by atoms with Crippen molar-refractivity contribution in [3.8, 4) is 5.75 Å². The Morgan fingerprint density at radius 2 is 1.95 bits per heavy atom. The van der Waals surface area contributed by atoms with Gasteiger partial charge in [0.15, 0.2) is 12.0 Å². The van der Waals surface area contributed by atoms with Crippen molar-refractivity contribution in [2.24, 2.45) is 17.3 Å². The Morgan fingerprint density at radius 1 is 1.24 bits per heavy atom. The molecule has 4 unspecified atom stereocenters. The normalized spacial score (nSPS) is 27.0. The first-order chi connectivity index (χ1) is 17.8. The number of aldehydes is 1. The molecule has 0 aromatic heterocycles. The zero-order chi connectivity index (χ0) is 28.3. The van der Waals surface area contributed by atoms with E-state index in [9.17, 15) is 14.0 Å². The molecule has 4 aliphatic rings. The van der Waals surface area contributed by atoms with Crippen LogP contribution in [0.2, 0.25) is 6.32 Å². The van der Waals surface area contributed by atoms with E-state index in [-0.39, 0.29) is 28.4 Å². The number of rotatable bonds is 8. The zero-order valence-corrected chi connectivity index (χ0v) is 24.2.